The molecule has 0 unspecified atom stereocenters. The van der Waals surface area contributed by atoms with Crippen LogP contribution in [0.5, 0.6) is 5.75 Å². The van der Waals surface area contributed by atoms with Gasteiger partial charge in [0, 0.05) is 34.7 Å². The molecular formula is C20H17N5OS. The Bertz CT molecular complexity index is 1020. The Hall–Kier alpha value is -3.45. The summed E-state index contributed by atoms with van der Waals surface area (Å²) < 4.78 is 5.80. The molecule has 0 amide bonds. The Morgan fingerprint density at radius 1 is 0.963 bits per heavy atom. The molecule has 7 heteroatoms. The fraction of sp³-hybridized carbons (Fsp3) is 0.0500. The first kappa shape index (κ1) is 17.0. The minimum atomic E-state index is 0.429. The van der Waals surface area contributed by atoms with Crippen LogP contribution >= 0.6 is 11.3 Å². The van der Waals surface area contributed by atoms with Crippen LogP contribution in [-0.2, 0) is 6.61 Å². The van der Waals surface area contributed by atoms with Gasteiger partial charge in [-0.3, -0.25) is 0 Å². The Morgan fingerprint density at radius 2 is 1.81 bits per heavy atom. The molecule has 0 saturated carbocycles. The maximum atomic E-state index is 5.93. The van der Waals surface area contributed by atoms with Gasteiger partial charge in [-0.2, -0.15) is 0 Å². The number of rotatable bonds is 6. The minimum Gasteiger partial charge on any atom is -0.489 e. The third kappa shape index (κ3) is 4.21. The van der Waals surface area contributed by atoms with E-state index >= 15 is 0 Å². The van der Waals surface area contributed by atoms with E-state index in [1.807, 2.05) is 60.0 Å². The molecule has 0 saturated heterocycles. The number of nitrogens with one attached hydrogen (secondary N) is 1. The van der Waals surface area contributed by atoms with Gasteiger partial charge >= 0.3 is 0 Å². The topological polar surface area (TPSA) is 86.0 Å². The summed E-state index contributed by atoms with van der Waals surface area (Å²) in [5, 5.41) is 5.98. The fourth-order valence-corrected chi connectivity index (χ4v) is 3.09. The molecule has 4 aromatic rings. The molecule has 0 bridgehead atoms. The van der Waals surface area contributed by atoms with Gasteiger partial charge in [0.2, 0.25) is 5.95 Å². The molecule has 0 atom stereocenters. The number of thiazole rings is 1. The summed E-state index contributed by atoms with van der Waals surface area (Å²) in [7, 11) is 0. The third-order valence-electron chi connectivity index (χ3n) is 3.87. The van der Waals surface area contributed by atoms with E-state index in [0.717, 1.165) is 33.4 Å². The largest absolute Gasteiger partial charge is 0.489 e. The number of hydrogen-bond acceptors (Lipinski definition) is 7. The predicted octanol–water partition coefficient (Wildman–Crippen LogP) is 4.50. The normalized spacial score (nSPS) is 10.5. The van der Waals surface area contributed by atoms with Crippen molar-refractivity contribution in [2.45, 2.75) is 6.61 Å². The summed E-state index contributed by atoms with van der Waals surface area (Å²) in [5.41, 5.74) is 9.30. The summed E-state index contributed by atoms with van der Waals surface area (Å²) in [6.45, 7) is 0.429. The van der Waals surface area contributed by atoms with Crippen LogP contribution in [-0.4, -0.2) is 15.0 Å². The van der Waals surface area contributed by atoms with Crippen LogP contribution in [0.2, 0.25) is 0 Å². The molecule has 2 heterocycles. The molecule has 134 valence electrons. The van der Waals surface area contributed by atoms with Crippen LogP contribution in [0.1, 0.15) is 5.56 Å². The number of aromatic nitrogens is 3. The number of para-hydroxylation sites is 1. The number of nitrogen functional groups attached to an aromatic ring is 1. The van der Waals surface area contributed by atoms with Crippen molar-refractivity contribution in [1.29, 1.82) is 0 Å². The summed E-state index contributed by atoms with van der Waals surface area (Å²) in [6, 6.07) is 17.1. The molecule has 2 aromatic heterocycles. The third-order valence-corrected chi connectivity index (χ3v) is 4.66. The van der Waals surface area contributed by atoms with E-state index in [2.05, 4.69) is 20.3 Å². The van der Waals surface area contributed by atoms with Gasteiger partial charge in [0.05, 0.1) is 0 Å². The van der Waals surface area contributed by atoms with E-state index < -0.39 is 0 Å². The van der Waals surface area contributed by atoms with Crippen molar-refractivity contribution < 1.29 is 4.74 Å². The van der Waals surface area contributed by atoms with E-state index in [-0.39, 0.29) is 0 Å². The average molecular weight is 375 g/mol. The number of hydrogen-bond donors (Lipinski definition) is 2. The molecule has 0 spiro atoms. The average Bonchev–Trinajstić information content (AvgIpc) is 3.24. The number of benzene rings is 2. The van der Waals surface area contributed by atoms with Crippen LogP contribution in [0.4, 0.5) is 17.3 Å². The lowest BCUT2D eigenvalue weighted by molar-refractivity contribution is 0.307. The smallest absolute Gasteiger partial charge is 0.227 e. The second-order valence-corrected chi connectivity index (χ2v) is 6.63. The predicted molar refractivity (Wildman–Crippen MR) is 108 cm³/mol. The van der Waals surface area contributed by atoms with Crippen LogP contribution in [0, 0.1) is 0 Å². The quantitative estimate of drug-likeness (QED) is 0.483. The summed E-state index contributed by atoms with van der Waals surface area (Å²) in [6.07, 6.45) is 3.48. The molecule has 0 radical (unpaired) electrons. The van der Waals surface area contributed by atoms with Crippen LogP contribution in [0.3, 0.4) is 0 Å². The molecule has 0 aliphatic carbocycles. The zero-order chi connectivity index (χ0) is 18.5. The molecular weight excluding hydrogens is 358 g/mol. The van der Waals surface area contributed by atoms with Gasteiger partial charge in [-0.15, -0.1) is 11.3 Å². The van der Waals surface area contributed by atoms with Gasteiger partial charge < -0.3 is 15.8 Å². The minimum absolute atomic E-state index is 0.429. The van der Waals surface area contributed by atoms with Gasteiger partial charge in [-0.1, -0.05) is 18.2 Å². The van der Waals surface area contributed by atoms with Gasteiger partial charge in [-0.05, 0) is 36.4 Å². The molecule has 2 aromatic carbocycles. The summed E-state index contributed by atoms with van der Waals surface area (Å²) in [4.78, 5) is 13.0. The Labute approximate surface area is 160 Å². The van der Waals surface area contributed by atoms with Crippen LogP contribution in [0.15, 0.2) is 72.4 Å². The summed E-state index contributed by atoms with van der Waals surface area (Å²) in [5.74, 6) is 1.29. The highest BCUT2D eigenvalue weighted by molar-refractivity contribution is 7.13. The van der Waals surface area contributed by atoms with Crippen molar-refractivity contribution in [1.82, 2.24) is 15.0 Å². The highest BCUT2D eigenvalue weighted by atomic mass is 32.1. The SMILES string of the molecule is Nc1ccccc1COc1ccc(Nc2nccc(-c3nccs3)n2)cc1. The van der Waals surface area contributed by atoms with Crippen molar-refractivity contribution in [2.75, 3.05) is 11.1 Å². The van der Waals surface area contributed by atoms with Crippen molar-refractivity contribution in [3.63, 3.8) is 0 Å². The number of nitrogens with two attached hydrogens (primary N) is 1. The van der Waals surface area contributed by atoms with Crippen LogP contribution < -0.4 is 15.8 Å². The first-order valence-electron chi connectivity index (χ1n) is 8.34. The highest BCUT2D eigenvalue weighted by Crippen LogP contribution is 2.23. The van der Waals surface area contributed by atoms with E-state index in [1.54, 1.807) is 23.7 Å². The maximum Gasteiger partial charge on any atom is 0.227 e. The first-order valence-corrected chi connectivity index (χ1v) is 9.22. The standard InChI is InChI=1S/C20H17N5OS/c21-17-4-2-1-3-14(17)13-26-16-7-5-15(6-8-16)24-20-23-10-9-18(25-20)19-22-11-12-27-19/h1-12H,13,21H2,(H,23,24,25). The Morgan fingerprint density at radius 3 is 2.59 bits per heavy atom. The maximum absolute atomic E-state index is 5.93. The Balaban J connectivity index is 1.41. The molecule has 6 nitrogen and oxygen atoms in total. The van der Waals surface area contributed by atoms with E-state index in [0.29, 0.717) is 12.6 Å². The number of nitrogens with zero attached hydrogens (tertiary/aromatic N) is 3. The molecule has 0 fully saturated rings. The zero-order valence-electron chi connectivity index (χ0n) is 14.4. The lowest BCUT2D eigenvalue weighted by Gasteiger charge is -2.10. The summed E-state index contributed by atoms with van der Waals surface area (Å²) >= 11 is 1.54. The molecule has 3 N–H and O–H groups in total. The van der Waals surface area contributed by atoms with E-state index in [1.165, 1.54) is 0 Å². The molecule has 27 heavy (non-hydrogen) atoms. The fourth-order valence-electron chi connectivity index (χ4n) is 2.48. The van der Waals surface area contributed by atoms with Crippen molar-refractivity contribution in [3.05, 3.63) is 77.9 Å². The van der Waals surface area contributed by atoms with E-state index in [9.17, 15) is 0 Å². The lowest BCUT2D eigenvalue weighted by atomic mass is 10.2. The number of anilines is 3. The van der Waals surface area contributed by atoms with Crippen molar-refractivity contribution in [2.24, 2.45) is 0 Å². The van der Waals surface area contributed by atoms with Gasteiger partial charge in [0.15, 0.2) is 0 Å². The number of ether oxygens (including phenoxy) is 1. The van der Waals surface area contributed by atoms with Gasteiger partial charge in [0.1, 0.15) is 23.1 Å². The van der Waals surface area contributed by atoms with E-state index in [4.69, 9.17) is 10.5 Å². The first-order chi connectivity index (χ1) is 13.3. The molecule has 4 rings (SSSR count). The second-order valence-electron chi connectivity index (χ2n) is 5.74. The second kappa shape index (κ2) is 7.84. The Kier molecular flexibility index (Phi) is 4.93. The van der Waals surface area contributed by atoms with Gasteiger partial charge in [-0.25, -0.2) is 15.0 Å². The molecule has 0 aliphatic heterocycles. The van der Waals surface area contributed by atoms with Crippen molar-refractivity contribution in [3.8, 4) is 16.5 Å². The monoisotopic (exact) mass is 375 g/mol. The van der Waals surface area contributed by atoms with Gasteiger partial charge in [0.25, 0.3) is 0 Å². The molecule has 0 aliphatic rings. The van der Waals surface area contributed by atoms with Crippen LogP contribution in [0.25, 0.3) is 10.7 Å². The van der Waals surface area contributed by atoms with Crippen molar-refractivity contribution >= 4 is 28.7 Å². The zero-order valence-corrected chi connectivity index (χ0v) is 15.2. The highest BCUT2D eigenvalue weighted by Gasteiger charge is 2.05. The lowest BCUT2D eigenvalue weighted by Crippen LogP contribution is -2.00.